The van der Waals surface area contributed by atoms with Gasteiger partial charge in [0, 0.05) is 47.7 Å². The number of hydrogen-bond acceptors (Lipinski definition) is 6. The summed E-state index contributed by atoms with van der Waals surface area (Å²) in [6, 6.07) is 11.4. The summed E-state index contributed by atoms with van der Waals surface area (Å²) in [5.74, 6) is -0.214. The number of aromatic nitrogens is 1. The van der Waals surface area contributed by atoms with Gasteiger partial charge in [0.15, 0.2) is 5.78 Å². The lowest BCUT2D eigenvalue weighted by Crippen LogP contribution is -2.37. The molecule has 1 aliphatic heterocycles. The number of anilines is 1. The van der Waals surface area contributed by atoms with Crippen molar-refractivity contribution in [2.75, 3.05) is 31.2 Å². The van der Waals surface area contributed by atoms with E-state index in [0.717, 1.165) is 16.5 Å². The van der Waals surface area contributed by atoms with Crippen molar-refractivity contribution in [1.29, 1.82) is 0 Å². The number of Topliss-reactive ketones (excluding diaryl/α,β-unsaturated/α-hetero) is 1. The Kier molecular flexibility index (Phi) is 5.65. The van der Waals surface area contributed by atoms with Gasteiger partial charge < -0.3 is 14.6 Å². The number of benzene rings is 2. The van der Waals surface area contributed by atoms with Crippen molar-refractivity contribution in [3.63, 3.8) is 0 Å². The lowest BCUT2D eigenvalue weighted by Gasteiger charge is -2.30. The third kappa shape index (κ3) is 4.53. The van der Waals surface area contributed by atoms with Crippen LogP contribution in [0.3, 0.4) is 0 Å². The second kappa shape index (κ2) is 8.26. The molecule has 1 fully saturated rings. The largest absolute Gasteiger partial charge is 0.378 e. The summed E-state index contributed by atoms with van der Waals surface area (Å²) in [7, 11) is -3.95. The molecular formula is C22H23N3O5S. The van der Waals surface area contributed by atoms with Gasteiger partial charge >= 0.3 is 0 Å². The van der Waals surface area contributed by atoms with Crippen LogP contribution in [-0.2, 0) is 21.2 Å². The number of nitrogens with zero attached hydrogens (tertiary/aromatic N) is 1. The van der Waals surface area contributed by atoms with E-state index >= 15 is 0 Å². The molecule has 0 saturated carbocycles. The van der Waals surface area contributed by atoms with Crippen LogP contribution < -0.4 is 15.6 Å². The van der Waals surface area contributed by atoms with Gasteiger partial charge in [0.1, 0.15) is 0 Å². The van der Waals surface area contributed by atoms with E-state index in [1.165, 1.54) is 18.2 Å². The number of rotatable bonds is 5. The maximum Gasteiger partial charge on any atom is 0.248 e. The Bertz CT molecular complexity index is 1320. The average Bonchev–Trinajstić information content (AvgIpc) is 2.73. The SMILES string of the molecule is Cc1cc(=O)[nH]c2ccc(CC(=O)c3cc(S(N)(=O)=O)ccc3N3CCOCC3)cc12. The smallest absolute Gasteiger partial charge is 0.248 e. The normalized spacial score (nSPS) is 14.7. The van der Waals surface area contributed by atoms with Crippen LogP contribution in [0.4, 0.5) is 5.69 Å². The van der Waals surface area contributed by atoms with Crippen LogP contribution >= 0.6 is 0 Å². The number of hydrogen-bond donors (Lipinski definition) is 2. The third-order valence-corrected chi connectivity index (χ3v) is 6.34. The Morgan fingerprint density at radius 3 is 2.58 bits per heavy atom. The number of carbonyl (C=O) groups is 1. The lowest BCUT2D eigenvalue weighted by atomic mass is 9.98. The van der Waals surface area contributed by atoms with Gasteiger partial charge in [0.25, 0.3) is 0 Å². The first-order valence-corrected chi connectivity index (χ1v) is 11.4. The molecule has 3 aromatic rings. The van der Waals surface area contributed by atoms with Gasteiger partial charge in [0.05, 0.1) is 18.1 Å². The number of ketones is 1. The van der Waals surface area contributed by atoms with Crippen molar-refractivity contribution in [2.45, 2.75) is 18.2 Å². The predicted molar refractivity (Wildman–Crippen MR) is 118 cm³/mol. The van der Waals surface area contributed by atoms with Crippen molar-refractivity contribution < 1.29 is 17.9 Å². The fourth-order valence-corrected chi connectivity index (χ4v) is 4.40. The molecule has 9 heteroatoms. The zero-order valence-electron chi connectivity index (χ0n) is 17.1. The maximum atomic E-state index is 13.3. The summed E-state index contributed by atoms with van der Waals surface area (Å²) in [5, 5.41) is 6.15. The second-order valence-electron chi connectivity index (χ2n) is 7.62. The number of aryl methyl sites for hydroxylation is 1. The van der Waals surface area contributed by atoms with E-state index < -0.39 is 10.0 Å². The highest BCUT2D eigenvalue weighted by Gasteiger charge is 2.22. The summed E-state index contributed by atoms with van der Waals surface area (Å²) in [6.45, 7) is 4.13. The van der Waals surface area contributed by atoms with Crippen molar-refractivity contribution in [3.8, 4) is 0 Å². The highest BCUT2D eigenvalue weighted by molar-refractivity contribution is 7.89. The molecule has 0 amide bonds. The second-order valence-corrected chi connectivity index (χ2v) is 9.18. The van der Waals surface area contributed by atoms with Gasteiger partial charge in [-0.05, 0) is 48.4 Å². The Labute approximate surface area is 179 Å². The molecule has 4 rings (SSSR count). The third-order valence-electron chi connectivity index (χ3n) is 5.43. The molecule has 2 aromatic carbocycles. The predicted octanol–water partition coefficient (Wildman–Crippen LogP) is 1.75. The number of primary sulfonamides is 1. The molecule has 31 heavy (non-hydrogen) atoms. The number of morpholine rings is 1. The monoisotopic (exact) mass is 441 g/mol. The lowest BCUT2D eigenvalue weighted by molar-refractivity contribution is 0.0991. The Morgan fingerprint density at radius 2 is 1.87 bits per heavy atom. The number of nitrogens with two attached hydrogens (primary N) is 1. The van der Waals surface area contributed by atoms with Gasteiger partial charge in [-0.1, -0.05) is 6.07 Å². The summed E-state index contributed by atoms with van der Waals surface area (Å²) >= 11 is 0. The van der Waals surface area contributed by atoms with Crippen LogP contribution in [0.1, 0.15) is 21.5 Å². The number of ether oxygens (including phenoxy) is 1. The van der Waals surface area contributed by atoms with Gasteiger partial charge in [0.2, 0.25) is 15.6 Å². The number of carbonyl (C=O) groups excluding carboxylic acids is 1. The van der Waals surface area contributed by atoms with E-state index in [4.69, 9.17) is 9.88 Å². The molecule has 1 aromatic heterocycles. The van der Waals surface area contributed by atoms with E-state index in [2.05, 4.69) is 4.98 Å². The molecule has 162 valence electrons. The Balaban J connectivity index is 1.72. The summed E-state index contributed by atoms with van der Waals surface area (Å²) in [6.07, 6.45) is 0.0833. The topological polar surface area (TPSA) is 123 Å². The van der Waals surface area contributed by atoms with Crippen molar-refractivity contribution in [2.24, 2.45) is 5.14 Å². The summed E-state index contributed by atoms with van der Waals surface area (Å²) in [5.41, 5.74) is 3.09. The zero-order chi connectivity index (χ0) is 22.2. The van der Waals surface area contributed by atoms with Crippen molar-refractivity contribution in [1.82, 2.24) is 4.98 Å². The van der Waals surface area contributed by atoms with Crippen LogP contribution in [0.2, 0.25) is 0 Å². The molecule has 0 spiro atoms. The van der Waals surface area contributed by atoms with Crippen LogP contribution in [0.15, 0.2) is 52.2 Å². The van der Waals surface area contributed by atoms with Gasteiger partial charge in [-0.2, -0.15) is 0 Å². The van der Waals surface area contributed by atoms with Crippen molar-refractivity contribution >= 4 is 32.4 Å². The summed E-state index contributed by atoms with van der Waals surface area (Å²) in [4.78, 5) is 29.6. The minimum Gasteiger partial charge on any atom is -0.378 e. The van der Waals surface area contributed by atoms with Gasteiger partial charge in [-0.15, -0.1) is 0 Å². The minimum absolute atomic E-state index is 0.0833. The molecule has 0 aliphatic carbocycles. The molecule has 0 radical (unpaired) electrons. The van der Waals surface area contributed by atoms with Crippen LogP contribution in [0.25, 0.3) is 10.9 Å². The molecular weight excluding hydrogens is 418 g/mol. The Hall–Kier alpha value is -3.01. The molecule has 0 unspecified atom stereocenters. The first kappa shape index (κ1) is 21.2. The number of sulfonamides is 1. The first-order valence-electron chi connectivity index (χ1n) is 9.88. The Morgan fingerprint density at radius 1 is 1.13 bits per heavy atom. The molecule has 1 aliphatic rings. The molecule has 8 nitrogen and oxygen atoms in total. The maximum absolute atomic E-state index is 13.3. The number of H-pyrrole nitrogens is 1. The standard InChI is InChI=1S/C22H23N3O5S/c1-14-10-22(27)24-19-4-2-15(11-17(14)19)12-21(26)18-13-16(31(23,28)29)3-5-20(18)25-6-8-30-9-7-25/h2-5,10-11,13H,6-9,12H2,1H3,(H,24,27)(H2,23,28,29). The number of aromatic amines is 1. The van der Waals surface area contributed by atoms with Crippen LogP contribution in [-0.4, -0.2) is 45.5 Å². The number of pyridine rings is 1. The highest BCUT2D eigenvalue weighted by atomic mass is 32.2. The molecule has 3 N–H and O–H groups in total. The highest BCUT2D eigenvalue weighted by Crippen LogP contribution is 2.27. The average molecular weight is 442 g/mol. The van der Waals surface area contributed by atoms with E-state index in [0.29, 0.717) is 43.1 Å². The zero-order valence-corrected chi connectivity index (χ0v) is 17.9. The molecule has 2 heterocycles. The van der Waals surface area contributed by atoms with Crippen molar-refractivity contribution in [3.05, 3.63) is 69.5 Å². The summed E-state index contributed by atoms with van der Waals surface area (Å²) < 4.78 is 29.1. The minimum atomic E-state index is -3.95. The van der Waals surface area contributed by atoms with Gasteiger partial charge in [-0.3, -0.25) is 9.59 Å². The molecule has 0 atom stereocenters. The quantitative estimate of drug-likeness (QED) is 0.582. The van der Waals surface area contributed by atoms with E-state index in [9.17, 15) is 18.0 Å². The first-order chi connectivity index (χ1) is 14.7. The van der Waals surface area contributed by atoms with E-state index in [1.807, 2.05) is 17.9 Å². The fraction of sp³-hybridized carbons (Fsp3) is 0.273. The number of nitrogens with one attached hydrogen (secondary N) is 1. The fourth-order valence-electron chi connectivity index (χ4n) is 3.86. The van der Waals surface area contributed by atoms with E-state index in [-0.39, 0.29) is 22.7 Å². The van der Waals surface area contributed by atoms with Gasteiger partial charge in [-0.25, -0.2) is 13.6 Å². The number of fused-ring (bicyclic) bond motifs is 1. The van der Waals surface area contributed by atoms with Crippen LogP contribution in [0.5, 0.6) is 0 Å². The van der Waals surface area contributed by atoms with E-state index in [1.54, 1.807) is 18.2 Å². The van der Waals surface area contributed by atoms with Crippen LogP contribution in [0, 0.1) is 6.92 Å². The molecule has 1 saturated heterocycles. The molecule has 0 bridgehead atoms.